The van der Waals surface area contributed by atoms with E-state index in [2.05, 4.69) is 60.7 Å². The standard InChI is InChI=1S/C42H22N4/c43-23-27-1-9-31(10-2-27)35-17-37-21-42-38(22-41(37)39(19-35)33-13-5-29(25-45)6-14-33)18-36(32-11-3-28(24-44)4-12-32)20-40(42)34-15-7-30(26-46)8-16-34/h1-22H. The highest BCUT2D eigenvalue weighted by molar-refractivity contribution is 6.11. The summed E-state index contributed by atoms with van der Waals surface area (Å²) in [5.74, 6) is 0. The first-order valence-electron chi connectivity index (χ1n) is 14.6. The van der Waals surface area contributed by atoms with E-state index in [4.69, 9.17) is 0 Å². The van der Waals surface area contributed by atoms with Crippen molar-refractivity contribution >= 4 is 21.5 Å². The van der Waals surface area contributed by atoms with Crippen molar-refractivity contribution in [2.24, 2.45) is 0 Å². The number of hydrogen-bond donors (Lipinski definition) is 0. The number of hydrogen-bond acceptors (Lipinski definition) is 4. The van der Waals surface area contributed by atoms with Gasteiger partial charge >= 0.3 is 0 Å². The lowest BCUT2D eigenvalue weighted by atomic mass is 9.87. The Hall–Kier alpha value is -6.98. The Labute approximate surface area is 266 Å². The number of fused-ring (bicyclic) bond motifs is 2. The van der Waals surface area contributed by atoms with Crippen LogP contribution < -0.4 is 0 Å². The zero-order chi connectivity index (χ0) is 31.6. The molecule has 7 rings (SSSR count). The summed E-state index contributed by atoms with van der Waals surface area (Å²) in [5, 5.41) is 41.8. The molecule has 4 heteroatoms. The van der Waals surface area contributed by atoms with Gasteiger partial charge < -0.3 is 0 Å². The van der Waals surface area contributed by atoms with Crippen LogP contribution in [0.2, 0.25) is 0 Å². The van der Waals surface area contributed by atoms with Crippen molar-refractivity contribution in [3.63, 3.8) is 0 Å². The van der Waals surface area contributed by atoms with Crippen molar-refractivity contribution < 1.29 is 0 Å². The minimum atomic E-state index is 0.598. The molecule has 0 heterocycles. The fraction of sp³-hybridized carbons (Fsp3) is 0. The Morgan fingerprint density at radius 3 is 0.848 bits per heavy atom. The third kappa shape index (κ3) is 5.10. The Morgan fingerprint density at radius 2 is 0.565 bits per heavy atom. The molecule has 0 aliphatic heterocycles. The van der Waals surface area contributed by atoms with Crippen LogP contribution in [0.15, 0.2) is 133 Å². The molecule has 7 aromatic carbocycles. The summed E-state index contributed by atoms with van der Waals surface area (Å²) in [5.41, 5.74) is 10.5. The van der Waals surface area contributed by atoms with E-state index in [1.165, 1.54) is 0 Å². The van der Waals surface area contributed by atoms with Crippen molar-refractivity contribution in [2.75, 3.05) is 0 Å². The highest BCUT2D eigenvalue weighted by Crippen LogP contribution is 2.41. The van der Waals surface area contributed by atoms with Gasteiger partial charge in [-0.1, -0.05) is 48.5 Å². The lowest BCUT2D eigenvalue weighted by molar-refractivity contribution is 1.48. The largest absolute Gasteiger partial charge is 0.192 e. The molecule has 210 valence electrons. The zero-order valence-electron chi connectivity index (χ0n) is 24.5. The molecule has 0 amide bonds. The molecule has 0 bridgehead atoms. The van der Waals surface area contributed by atoms with E-state index >= 15 is 0 Å². The maximum Gasteiger partial charge on any atom is 0.0991 e. The molecular weight excluding hydrogens is 560 g/mol. The van der Waals surface area contributed by atoms with Gasteiger partial charge in [0, 0.05) is 0 Å². The Bertz CT molecular complexity index is 2280. The summed E-state index contributed by atoms with van der Waals surface area (Å²) in [6, 6.07) is 52.4. The van der Waals surface area contributed by atoms with E-state index in [1.807, 2.05) is 97.1 Å². The highest BCUT2D eigenvalue weighted by atomic mass is 14.3. The van der Waals surface area contributed by atoms with Gasteiger partial charge in [-0.2, -0.15) is 21.0 Å². The van der Waals surface area contributed by atoms with Crippen molar-refractivity contribution in [1.82, 2.24) is 0 Å². The minimum absolute atomic E-state index is 0.598. The molecule has 0 saturated heterocycles. The molecular formula is C42H22N4. The monoisotopic (exact) mass is 582 g/mol. The van der Waals surface area contributed by atoms with Crippen LogP contribution >= 0.6 is 0 Å². The van der Waals surface area contributed by atoms with Crippen LogP contribution in [0.1, 0.15) is 22.3 Å². The minimum Gasteiger partial charge on any atom is -0.192 e. The molecule has 0 radical (unpaired) electrons. The zero-order valence-corrected chi connectivity index (χ0v) is 24.5. The van der Waals surface area contributed by atoms with E-state index in [-0.39, 0.29) is 0 Å². The highest BCUT2D eigenvalue weighted by Gasteiger charge is 2.14. The topological polar surface area (TPSA) is 95.2 Å². The number of benzene rings is 7. The number of nitrogens with zero attached hydrogens (tertiary/aromatic N) is 4. The second-order valence-corrected chi connectivity index (χ2v) is 11.1. The smallest absolute Gasteiger partial charge is 0.0991 e. The van der Waals surface area contributed by atoms with Crippen LogP contribution in [0.3, 0.4) is 0 Å². The number of nitriles is 4. The van der Waals surface area contributed by atoms with Gasteiger partial charge in [-0.15, -0.1) is 0 Å². The maximum absolute atomic E-state index is 9.42. The third-order valence-corrected chi connectivity index (χ3v) is 8.37. The summed E-state index contributed by atoms with van der Waals surface area (Å²) in [7, 11) is 0. The van der Waals surface area contributed by atoms with Crippen molar-refractivity contribution in [3.05, 3.63) is 156 Å². The molecule has 0 unspecified atom stereocenters. The van der Waals surface area contributed by atoms with Gasteiger partial charge in [0.05, 0.1) is 46.5 Å². The van der Waals surface area contributed by atoms with Crippen LogP contribution in [0.25, 0.3) is 66.1 Å². The third-order valence-electron chi connectivity index (χ3n) is 8.37. The van der Waals surface area contributed by atoms with Crippen LogP contribution in [-0.4, -0.2) is 0 Å². The molecule has 0 fully saturated rings. The predicted molar refractivity (Wildman–Crippen MR) is 182 cm³/mol. The van der Waals surface area contributed by atoms with Crippen LogP contribution in [0, 0.1) is 45.3 Å². The van der Waals surface area contributed by atoms with E-state index in [1.54, 1.807) is 0 Å². The first-order valence-corrected chi connectivity index (χ1v) is 14.6. The summed E-state index contributed by atoms with van der Waals surface area (Å²) in [6.45, 7) is 0. The van der Waals surface area contributed by atoms with Gasteiger partial charge in [0.15, 0.2) is 0 Å². The number of rotatable bonds is 4. The molecule has 0 aromatic heterocycles. The van der Waals surface area contributed by atoms with Crippen molar-refractivity contribution in [1.29, 1.82) is 21.0 Å². The first kappa shape index (κ1) is 27.8. The van der Waals surface area contributed by atoms with E-state index in [9.17, 15) is 21.0 Å². The SMILES string of the molecule is N#Cc1ccc(-c2cc(-c3ccc(C#N)cc3)c3cc4cc(-c5ccc(C#N)cc5)cc(-c5ccc(C#N)cc5)c4cc3c2)cc1. The molecule has 7 aromatic rings. The van der Waals surface area contributed by atoms with Gasteiger partial charge in [0.1, 0.15) is 0 Å². The predicted octanol–water partition coefficient (Wildman–Crippen LogP) is 10.1. The Balaban J connectivity index is 1.53. The van der Waals surface area contributed by atoms with Gasteiger partial charge in [-0.25, -0.2) is 0 Å². The summed E-state index contributed by atoms with van der Waals surface area (Å²) in [6.07, 6.45) is 0. The molecule has 0 aliphatic rings. The molecule has 0 aliphatic carbocycles. The molecule has 0 N–H and O–H groups in total. The van der Waals surface area contributed by atoms with E-state index in [0.29, 0.717) is 22.3 Å². The van der Waals surface area contributed by atoms with E-state index < -0.39 is 0 Å². The fourth-order valence-corrected chi connectivity index (χ4v) is 5.96. The van der Waals surface area contributed by atoms with Gasteiger partial charge in [-0.3, -0.25) is 0 Å². The Morgan fingerprint density at radius 1 is 0.283 bits per heavy atom. The maximum atomic E-state index is 9.42. The van der Waals surface area contributed by atoms with Crippen LogP contribution in [-0.2, 0) is 0 Å². The molecule has 0 saturated carbocycles. The fourth-order valence-electron chi connectivity index (χ4n) is 5.96. The van der Waals surface area contributed by atoms with Crippen LogP contribution in [0.5, 0.6) is 0 Å². The molecule has 4 nitrogen and oxygen atoms in total. The van der Waals surface area contributed by atoms with Gasteiger partial charge in [0.2, 0.25) is 0 Å². The van der Waals surface area contributed by atoms with Gasteiger partial charge in [-0.05, 0) is 151 Å². The second kappa shape index (κ2) is 11.6. The average molecular weight is 583 g/mol. The van der Waals surface area contributed by atoms with Crippen molar-refractivity contribution in [2.45, 2.75) is 0 Å². The van der Waals surface area contributed by atoms with Gasteiger partial charge in [0.25, 0.3) is 0 Å². The second-order valence-electron chi connectivity index (χ2n) is 11.1. The molecule has 46 heavy (non-hydrogen) atoms. The summed E-state index contributed by atoms with van der Waals surface area (Å²) >= 11 is 0. The van der Waals surface area contributed by atoms with Crippen molar-refractivity contribution in [3.8, 4) is 68.8 Å². The van der Waals surface area contributed by atoms with E-state index in [0.717, 1.165) is 66.1 Å². The average Bonchev–Trinajstić information content (AvgIpc) is 3.13. The summed E-state index contributed by atoms with van der Waals surface area (Å²) in [4.78, 5) is 0. The quantitative estimate of drug-likeness (QED) is 0.193. The lowest BCUT2D eigenvalue weighted by Crippen LogP contribution is -1.90. The molecule has 0 atom stereocenters. The first-order chi connectivity index (χ1) is 22.6. The molecule has 0 spiro atoms. The summed E-state index contributed by atoms with van der Waals surface area (Å²) < 4.78 is 0. The lowest BCUT2D eigenvalue weighted by Gasteiger charge is -2.16. The normalized spacial score (nSPS) is 10.5. The van der Waals surface area contributed by atoms with Crippen LogP contribution in [0.4, 0.5) is 0 Å². The Kier molecular flexibility index (Phi) is 7.02.